The Balaban J connectivity index is 2.36. The van der Waals surface area contributed by atoms with E-state index in [1.807, 2.05) is 0 Å². The molecule has 0 aliphatic heterocycles. The molecule has 1 aromatic rings. The number of aromatic hydroxyl groups is 1. The maximum Gasteiger partial charge on any atom is 0.310 e. The predicted molar refractivity (Wildman–Crippen MR) is 55.8 cm³/mol. The highest BCUT2D eigenvalue weighted by Gasteiger charge is 2.45. The molecule has 0 heterocycles. The number of hydrogen-bond acceptors (Lipinski definition) is 5. The van der Waals surface area contributed by atoms with E-state index in [2.05, 4.69) is 4.84 Å². The number of benzene rings is 1. The molecule has 0 radical (unpaired) electrons. The van der Waals surface area contributed by atoms with Crippen molar-refractivity contribution in [2.45, 2.75) is 18.3 Å². The van der Waals surface area contributed by atoms with E-state index < -0.39 is 4.92 Å². The minimum absolute atomic E-state index is 0.201. The lowest BCUT2D eigenvalue weighted by Gasteiger charge is -2.13. The Morgan fingerprint density at radius 1 is 1.56 bits per heavy atom. The summed E-state index contributed by atoms with van der Waals surface area (Å²) < 4.78 is 0. The third-order valence-corrected chi connectivity index (χ3v) is 3.00. The Kier molecular flexibility index (Phi) is 2.53. The number of nitrogens with zero attached hydrogens (tertiary/aromatic N) is 1. The molecule has 0 saturated heterocycles. The van der Waals surface area contributed by atoms with Gasteiger partial charge in [-0.1, -0.05) is 6.07 Å². The van der Waals surface area contributed by atoms with Crippen LogP contribution in [0.25, 0.3) is 0 Å². The first kappa shape index (κ1) is 10.8. The van der Waals surface area contributed by atoms with Crippen molar-refractivity contribution in [3.8, 4) is 5.75 Å². The van der Waals surface area contributed by atoms with Crippen molar-refractivity contribution in [2.75, 3.05) is 6.61 Å². The van der Waals surface area contributed by atoms with Gasteiger partial charge in [0.15, 0.2) is 5.75 Å². The molecule has 3 N–H and O–H groups in total. The summed E-state index contributed by atoms with van der Waals surface area (Å²) in [7, 11) is 0. The number of nitro groups is 1. The first-order valence-electron chi connectivity index (χ1n) is 4.89. The van der Waals surface area contributed by atoms with Gasteiger partial charge in [0.25, 0.3) is 0 Å². The minimum atomic E-state index is -0.599. The highest BCUT2D eigenvalue weighted by molar-refractivity contribution is 5.50. The summed E-state index contributed by atoms with van der Waals surface area (Å²) in [6.07, 6.45) is 1.79. The Hall–Kier alpha value is -1.66. The monoisotopic (exact) mass is 224 g/mol. The second kappa shape index (κ2) is 3.73. The third-order valence-electron chi connectivity index (χ3n) is 3.00. The average Bonchev–Trinajstić information content (AvgIpc) is 2.99. The van der Waals surface area contributed by atoms with Gasteiger partial charge >= 0.3 is 5.69 Å². The summed E-state index contributed by atoms with van der Waals surface area (Å²) in [5.41, 5.74) is 0.316. The van der Waals surface area contributed by atoms with E-state index in [-0.39, 0.29) is 16.9 Å². The summed E-state index contributed by atoms with van der Waals surface area (Å²) in [6, 6.07) is 4.40. The van der Waals surface area contributed by atoms with Crippen LogP contribution in [0.3, 0.4) is 0 Å². The molecule has 6 heteroatoms. The van der Waals surface area contributed by atoms with Gasteiger partial charge < -0.3 is 9.94 Å². The van der Waals surface area contributed by atoms with Crippen molar-refractivity contribution in [3.63, 3.8) is 0 Å². The number of phenols is 1. The Bertz CT molecular complexity index is 429. The van der Waals surface area contributed by atoms with Crippen molar-refractivity contribution in [3.05, 3.63) is 33.9 Å². The van der Waals surface area contributed by atoms with Crippen LogP contribution in [0.15, 0.2) is 18.2 Å². The van der Waals surface area contributed by atoms with E-state index >= 15 is 0 Å². The second-order valence-corrected chi connectivity index (χ2v) is 4.05. The van der Waals surface area contributed by atoms with E-state index in [0.717, 1.165) is 18.4 Å². The SMILES string of the molecule is NOCC1(c2ccc(O)c([N+](=O)[O-])c2)CC1. The lowest BCUT2D eigenvalue weighted by Crippen LogP contribution is -2.18. The summed E-state index contributed by atoms with van der Waals surface area (Å²) in [5, 5.41) is 20.0. The Morgan fingerprint density at radius 2 is 2.25 bits per heavy atom. The highest BCUT2D eigenvalue weighted by atomic mass is 16.6. The molecule has 0 aromatic heterocycles. The van der Waals surface area contributed by atoms with E-state index in [0.29, 0.717) is 6.61 Å². The van der Waals surface area contributed by atoms with Gasteiger partial charge in [-0.05, 0) is 24.5 Å². The van der Waals surface area contributed by atoms with E-state index in [9.17, 15) is 15.2 Å². The number of rotatable bonds is 4. The Morgan fingerprint density at radius 3 is 2.75 bits per heavy atom. The normalized spacial score (nSPS) is 17.1. The summed E-state index contributed by atoms with van der Waals surface area (Å²) in [4.78, 5) is 14.7. The zero-order valence-corrected chi connectivity index (χ0v) is 8.55. The molecule has 1 aliphatic rings. The molecule has 2 rings (SSSR count). The molecule has 0 unspecified atom stereocenters. The van der Waals surface area contributed by atoms with E-state index in [4.69, 9.17) is 5.90 Å². The number of nitro benzene ring substituents is 1. The average molecular weight is 224 g/mol. The standard InChI is InChI=1S/C10H12N2O4/c11-16-6-10(3-4-10)7-1-2-9(13)8(5-7)12(14)15/h1-2,5,13H,3-4,6,11H2. The fourth-order valence-corrected chi connectivity index (χ4v) is 1.83. The number of nitrogens with two attached hydrogens (primary N) is 1. The van der Waals surface area contributed by atoms with Crippen LogP contribution in [0.5, 0.6) is 5.75 Å². The van der Waals surface area contributed by atoms with Gasteiger partial charge in [-0.3, -0.25) is 10.1 Å². The van der Waals surface area contributed by atoms with Gasteiger partial charge in [-0.15, -0.1) is 0 Å². The van der Waals surface area contributed by atoms with Crippen molar-refractivity contribution in [1.82, 2.24) is 0 Å². The lowest BCUT2D eigenvalue weighted by molar-refractivity contribution is -0.385. The molecule has 1 aliphatic carbocycles. The molecule has 0 spiro atoms. The lowest BCUT2D eigenvalue weighted by atomic mass is 9.96. The van der Waals surface area contributed by atoms with Crippen LogP contribution < -0.4 is 5.90 Å². The van der Waals surface area contributed by atoms with Crippen LogP contribution in [-0.4, -0.2) is 16.6 Å². The summed E-state index contributed by atoms with van der Waals surface area (Å²) >= 11 is 0. The molecule has 0 bridgehead atoms. The van der Waals surface area contributed by atoms with Gasteiger partial charge in [0.05, 0.1) is 11.5 Å². The van der Waals surface area contributed by atoms with Crippen LogP contribution in [0.4, 0.5) is 5.69 Å². The maximum absolute atomic E-state index is 10.7. The zero-order valence-electron chi connectivity index (χ0n) is 8.55. The van der Waals surface area contributed by atoms with Crippen LogP contribution in [-0.2, 0) is 10.3 Å². The fourth-order valence-electron chi connectivity index (χ4n) is 1.83. The van der Waals surface area contributed by atoms with Crippen molar-refractivity contribution >= 4 is 5.69 Å². The van der Waals surface area contributed by atoms with Crippen LogP contribution in [0.2, 0.25) is 0 Å². The predicted octanol–water partition coefficient (Wildman–Crippen LogP) is 1.22. The molecule has 6 nitrogen and oxygen atoms in total. The van der Waals surface area contributed by atoms with Crippen molar-refractivity contribution in [2.24, 2.45) is 5.90 Å². The van der Waals surface area contributed by atoms with Crippen LogP contribution in [0.1, 0.15) is 18.4 Å². The van der Waals surface area contributed by atoms with Gasteiger partial charge in [-0.2, -0.15) is 0 Å². The maximum atomic E-state index is 10.7. The molecular formula is C10H12N2O4. The quantitative estimate of drug-likeness (QED) is 0.591. The van der Waals surface area contributed by atoms with Gasteiger partial charge in [0.1, 0.15) is 0 Å². The van der Waals surface area contributed by atoms with E-state index in [1.165, 1.54) is 12.1 Å². The first-order valence-corrected chi connectivity index (χ1v) is 4.89. The molecule has 86 valence electrons. The third kappa shape index (κ3) is 1.72. The molecule has 16 heavy (non-hydrogen) atoms. The number of hydrogen-bond donors (Lipinski definition) is 2. The van der Waals surface area contributed by atoms with Crippen LogP contribution in [0, 0.1) is 10.1 Å². The molecule has 1 aromatic carbocycles. The van der Waals surface area contributed by atoms with Gasteiger partial charge in [0, 0.05) is 11.5 Å². The summed E-state index contributed by atoms with van der Waals surface area (Å²) in [6.45, 7) is 0.342. The van der Waals surface area contributed by atoms with Crippen LogP contribution >= 0.6 is 0 Å². The first-order chi connectivity index (χ1) is 7.59. The fraction of sp³-hybridized carbons (Fsp3) is 0.400. The van der Waals surface area contributed by atoms with Gasteiger partial charge in [-0.25, -0.2) is 5.90 Å². The number of phenolic OH excluding ortho intramolecular Hbond substituents is 1. The molecule has 0 amide bonds. The molecular weight excluding hydrogens is 212 g/mol. The topological polar surface area (TPSA) is 98.6 Å². The molecule has 0 atom stereocenters. The molecule has 1 saturated carbocycles. The van der Waals surface area contributed by atoms with Gasteiger partial charge in [0.2, 0.25) is 0 Å². The summed E-state index contributed by atoms with van der Waals surface area (Å²) in [5.74, 6) is 4.72. The zero-order chi connectivity index (χ0) is 11.8. The molecule has 1 fully saturated rings. The largest absolute Gasteiger partial charge is 0.502 e. The van der Waals surface area contributed by atoms with Crippen molar-refractivity contribution in [1.29, 1.82) is 0 Å². The Labute approximate surface area is 91.7 Å². The second-order valence-electron chi connectivity index (χ2n) is 4.05. The smallest absolute Gasteiger partial charge is 0.310 e. The highest BCUT2D eigenvalue weighted by Crippen LogP contribution is 2.49. The van der Waals surface area contributed by atoms with Crippen molar-refractivity contribution < 1.29 is 14.9 Å². The minimum Gasteiger partial charge on any atom is -0.502 e. The van der Waals surface area contributed by atoms with E-state index in [1.54, 1.807) is 6.07 Å².